The smallest absolute Gasteiger partial charge is 0.237 e. The highest BCUT2D eigenvalue weighted by molar-refractivity contribution is 5.84. The minimum Gasteiger partial charge on any atom is -0.383 e. The van der Waals surface area contributed by atoms with Crippen LogP contribution < -0.4 is 11.1 Å². The van der Waals surface area contributed by atoms with Crippen molar-refractivity contribution in [2.24, 2.45) is 11.7 Å². The topological polar surface area (TPSA) is 67.6 Å². The summed E-state index contributed by atoms with van der Waals surface area (Å²) in [6, 6.07) is 0.268. The van der Waals surface area contributed by atoms with Crippen LogP contribution >= 0.6 is 0 Å². The largest absolute Gasteiger partial charge is 0.383 e. The minimum absolute atomic E-state index is 0.268. The number of nitrogens with one attached hydrogen (secondary N) is 1. The Kier molecular flexibility index (Phi) is 9.01. The predicted molar refractivity (Wildman–Crippen MR) is 83.6 cm³/mol. The lowest BCUT2D eigenvalue weighted by Gasteiger charge is -2.36. The van der Waals surface area contributed by atoms with Crippen LogP contribution in [0.1, 0.15) is 41.0 Å². The zero-order chi connectivity index (χ0) is 15.8. The average molecular weight is 287 g/mol. The van der Waals surface area contributed by atoms with E-state index in [4.69, 9.17) is 10.5 Å². The SMILES string of the molecule is CCNC(C)(CC(C)N(CCOC)CC(C)C)C(N)=O. The number of nitrogens with zero attached hydrogens (tertiary/aromatic N) is 1. The first kappa shape index (κ1) is 19.4. The third-order valence-electron chi connectivity index (χ3n) is 3.62. The summed E-state index contributed by atoms with van der Waals surface area (Å²) in [6.07, 6.45) is 0.701. The highest BCUT2D eigenvalue weighted by Gasteiger charge is 2.33. The zero-order valence-corrected chi connectivity index (χ0v) is 14.0. The van der Waals surface area contributed by atoms with Gasteiger partial charge >= 0.3 is 0 Å². The van der Waals surface area contributed by atoms with Crippen molar-refractivity contribution in [1.29, 1.82) is 0 Å². The molecule has 0 saturated carbocycles. The maximum atomic E-state index is 11.7. The fourth-order valence-electron chi connectivity index (χ4n) is 2.54. The van der Waals surface area contributed by atoms with Gasteiger partial charge in [0.1, 0.15) is 0 Å². The molecule has 5 nitrogen and oxygen atoms in total. The number of hydrogen-bond acceptors (Lipinski definition) is 4. The zero-order valence-electron chi connectivity index (χ0n) is 14.0. The van der Waals surface area contributed by atoms with Gasteiger partial charge in [-0.25, -0.2) is 0 Å². The molecule has 0 aromatic heterocycles. The first-order chi connectivity index (χ1) is 9.26. The Hall–Kier alpha value is -0.650. The molecule has 3 N–H and O–H groups in total. The Morgan fingerprint density at radius 2 is 2.00 bits per heavy atom. The maximum Gasteiger partial charge on any atom is 0.237 e. The van der Waals surface area contributed by atoms with Crippen LogP contribution in [0.15, 0.2) is 0 Å². The van der Waals surface area contributed by atoms with Crippen LogP contribution in [0.4, 0.5) is 0 Å². The molecule has 5 heteroatoms. The quantitative estimate of drug-likeness (QED) is 0.600. The van der Waals surface area contributed by atoms with Crippen LogP contribution in [0, 0.1) is 5.92 Å². The second kappa shape index (κ2) is 9.32. The normalized spacial score (nSPS) is 16.4. The van der Waals surface area contributed by atoms with E-state index >= 15 is 0 Å². The van der Waals surface area contributed by atoms with Gasteiger partial charge in [-0.3, -0.25) is 9.69 Å². The lowest BCUT2D eigenvalue weighted by atomic mass is 9.91. The number of rotatable bonds is 11. The minimum atomic E-state index is -0.656. The molecular formula is C15H33N3O2. The molecule has 2 atom stereocenters. The van der Waals surface area contributed by atoms with Crippen molar-refractivity contribution in [3.05, 3.63) is 0 Å². The van der Waals surface area contributed by atoms with Crippen molar-refractivity contribution in [2.75, 3.05) is 33.4 Å². The Balaban J connectivity index is 4.76. The summed E-state index contributed by atoms with van der Waals surface area (Å²) in [5.41, 5.74) is 4.91. The molecule has 0 saturated heterocycles. The first-order valence-electron chi connectivity index (χ1n) is 7.54. The first-order valence-corrected chi connectivity index (χ1v) is 7.54. The number of carbonyl (C=O) groups excluding carboxylic acids is 1. The van der Waals surface area contributed by atoms with Crippen LogP contribution in [0.25, 0.3) is 0 Å². The number of primary amides is 1. The Labute approximate surface area is 124 Å². The summed E-state index contributed by atoms with van der Waals surface area (Å²) in [5.74, 6) is 0.288. The summed E-state index contributed by atoms with van der Waals surface area (Å²) in [5, 5.41) is 3.22. The Morgan fingerprint density at radius 3 is 2.40 bits per heavy atom. The van der Waals surface area contributed by atoms with E-state index in [1.54, 1.807) is 7.11 Å². The van der Waals surface area contributed by atoms with Crippen molar-refractivity contribution < 1.29 is 9.53 Å². The molecule has 0 aliphatic rings. The molecule has 0 aliphatic carbocycles. The summed E-state index contributed by atoms with van der Waals surface area (Å²) >= 11 is 0. The number of carbonyl (C=O) groups is 1. The molecule has 0 radical (unpaired) electrons. The maximum absolute atomic E-state index is 11.7. The van der Waals surface area contributed by atoms with Crippen LogP contribution in [0.5, 0.6) is 0 Å². The lowest BCUT2D eigenvalue weighted by molar-refractivity contribution is -0.124. The van der Waals surface area contributed by atoms with Crippen molar-refractivity contribution in [3.63, 3.8) is 0 Å². The van der Waals surface area contributed by atoms with Gasteiger partial charge in [0.05, 0.1) is 12.1 Å². The second-order valence-corrected chi connectivity index (χ2v) is 6.16. The summed E-state index contributed by atoms with van der Waals surface area (Å²) < 4.78 is 5.18. The van der Waals surface area contributed by atoms with Crippen molar-refractivity contribution in [3.8, 4) is 0 Å². The Bertz CT molecular complexity index is 284. The van der Waals surface area contributed by atoms with Crippen molar-refractivity contribution in [2.45, 2.75) is 52.6 Å². The lowest BCUT2D eigenvalue weighted by Crippen LogP contribution is -2.56. The fraction of sp³-hybridized carbons (Fsp3) is 0.933. The van der Waals surface area contributed by atoms with E-state index in [2.05, 4.69) is 31.0 Å². The highest BCUT2D eigenvalue weighted by atomic mass is 16.5. The van der Waals surface area contributed by atoms with E-state index in [0.717, 1.165) is 19.6 Å². The van der Waals surface area contributed by atoms with E-state index in [9.17, 15) is 4.79 Å². The van der Waals surface area contributed by atoms with Gasteiger partial charge in [-0.15, -0.1) is 0 Å². The number of hydrogen-bond donors (Lipinski definition) is 2. The summed E-state index contributed by atoms with van der Waals surface area (Å²) in [6.45, 7) is 13.7. The molecule has 0 spiro atoms. The number of amides is 1. The van der Waals surface area contributed by atoms with Gasteiger partial charge < -0.3 is 15.8 Å². The van der Waals surface area contributed by atoms with E-state index in [-0.39, 0.29) is 11.9 Å². The number of ether oxygens (including phenoxy) is 1. The van der Waals surface area contributed by atoms with E-state index < -0.39 is 5.54 Å². The summed E-state index contributed by atoms with van der Waals surface area (Å²) in [7, 11) is 1.71. The molecule has 20 heavy (non-hydrogen) atoms. The molecule has 0 rings (SSSR count). The van der Waals surface area contributed by atoms with Gasteiger partial charge in [0.15, 0.2) is 0 Å². The summed E-state index contributed by atoms with van der Waals surface area (Å²) in [4.78, 5) is 14.1. The third-order valence-corrected chi connectivity index (χ3v) is 3.62. The second-order valence-electron chi connectivity index (χ2n) is 6.16. The van der Waals surface area contributed by atoms with Crippen molar-refractivity contribution >= 4 is 5.91 Å². The van der Waals surface area contributed by atoms with Gasteiger partial charge in [-0.1, -0.05) is 20.8 Å². The van der Waals surface area contributed by atoms with Gasteiger partial charge in [-0.05, 0) is 32.7 Å². The van der Waals surface area contributed by atoms with E-state index in [0.29, 0.717) is 18.9 Å². The molecule has 0 heterocycles. The van der Waals surface area contributed by atoms with Crippen LogP contribution in [0.3, 0.4) is 0 Å². The monoisotopic (exact) mass is 287 g/mol. The molecule has 0 aliphatic heterocycles. The molecule has 0 aromatic rings. The molecule has 1 amide bonds. The number of likely N-dealkylation sites (N-methyl/N-ethyl adjacent to an activating group) is 1. The van der Waals surface area contributed by atoms with Crippen LogP contribution in [-0.4, -0.2) is 55.7 Å². The van der Waals surface area contributed by atoms with Crippen LogP contribution in [0.2, 0.25) is 0 Å². The van der Waals surface area contributed by atoms with Crippen molar-refractivity contribution in [1.82, 2.24) is 10.2 Å². The third kappa shape index (κ3) is 6.68. The highest BCUT2D eigenvalue weighted by Crippen LogP contribution is 2.17. The van der Waals surface area contributed by atoms with Crippen LogP contribution in [-0.2, 0) is 9.53 Å². The predicted octanol–water partition coefficient (Wildman–Crippen LogP) is 1.22. The van der Waals surface area contributed by atoms with Gasteiger partial charge in [0.2, 0.25) is 5.91 Å². The molecule has 0 fully saturated rings. The van der Waals surface area contributed by atoms with Gasteiger partial charge in [0.25, 0.3) is 0 Å². The van der Waals surface area contributed by atoms with E-state index in [1.165, 1.54) is 0 Å². The number of nitrogens with two attached hydrogens (primary N) is 1. The van der Waals surface area contributed by atoms with Gasteiger partial charge in [-0.2, -0.15) is 0 Å². The molecule has 2 unspecified atom stereocenters. The Morgan fingerprint density at radius 1 is 1.40 bits per heavy atom. The average Bonchev–Trinajstić information content (AvgIpc) is 2.33. The van der Waals surface area contributed by atoms with E-state index in [1.807, 2.05) is 13.8 Å². The fourth-order valence-corrected chi connectivity index (χ4v) is 2.54. The standard InChI is InChI=1S/C15H33N3O2/c1-7-17-15(5,14(16)19)10-13(4)18(8-9-20-6)11-12(2)3/h12-13,17H,7-11H2,1-6H3,(H2,16,19). The molecule has 120 valence electrons. The molecular weight excluding hydrogens is 254 g/mol. The van der Waals surface area contributed by atoms with Gasteiger partial charge in [0, 0.05) is 26.2 Å². The molecule has 0 aromatic carbocycles. The molecule has 0 bridgehead atoms. The number of methoxy groups -OCH3 is 1.